The van der Waals surface area contributed by atoms with Crippen LogP contribution in [0.2, 0.25) is 5.15 Å². The lowest BCUT2D eigenvalue weighted by Gasteiger charge is -2.32. The van der Waals surface area contributed by atoms with Crippen molar-refractivity contribution in [2.24, 2.45) is 0 Å². The van der Waals surface area contributed by atoms with Crippen molar-refractivity contribution in [1.29, 1.82) is 0 Å². The van der Waals surface area contributed by atoms with Gasteiger partial charge in [-0.25, -0.2) is 9.78 Å². The smallest absolute Gasteiger partial charge is 0.449 e. The molecule has 0 saturated carbocycles. The van der Waals surface area contributed by atoms with Gasteiger partial charge in [0, 0.05) is 18.7 Å². The van der Waals surface area contributed by atoms with Gasteiger partial charge in [-0.1, -0.05) is 66.2 Å². The van der Waals surface area contributed by atoms with Crippen LogP contribution in [0.4, 0.5) is 18.0 Å². The minimum Gasteiger partial charge on any atom is -0.449 e. The Kier molecular flexibility index (Phi) is 7.69. The molecule has 2 aromatic carbocycles. The van der Waals surface area contributed by atoms with E-state index < -0.39 is 41.3 Å². The maximum Gasteiger partial charge on any atom is 0.492 e. The second-order valence-corrected chi connectivity index (χ2v) is 11.4. The number of rotatable bonds is 6. The average Bonchev–Trinajstić information content (AvgIpc) is 3.34. The number of ether oxygens (including phenoxy) is 1. The summed E-state index contributed by atoms with van der Waals surface area (Å²) in [5.74, 6) is -0.118. The van der Waals surface area contributed by atoms with E-state index in [0.29, 0.717) is 5.47 Å². The van der Waals surface area contributed by atoms with Gasteiger partial charge in [0.15, 0.2) is 0 Å². The molecule has 214 valence electrons. The number of pyridine rings is 1. The third kappa shape index (κ3) is 5.87. The summed E-state index contributed by atoms with van der Waals surface area (Å²) >= 11 is 5.70. The number of halogens is 4. The lowest BCUT2D eigenvalue weighted by atomic mass is 9.77. The fourth-order valence-corrected chi connectivity index (χ4v) is 5.19. The Morgan fingerprint density at radius 1 is 1.05 bits per heavy atom. The zero-order valence-electron chi connectivity index (χ0n) is 23.0. The highest BCUT2D eigenvalue weighted by Gasteiger charge is 2.52. The first kappa shape index (κ1) is 29.2. The van der Waals surface area contributed by atoms with Gasteiger partial charge in [0.1, 0.15) is 11.8 Å². The largest absolute Gasteiger partial charge is 0.492 e. The van der Waals surface area contributed by atoms with Crippen molar-refractivity contribution in [3.8, 4) is 11.1 Å². The summed E-state index contributed by atoms with van der Waals surface area (Å²) in [6, 6.07) is 16.9. The summed E-state index contributed by atoms with van der Waals surface area (Å²) in [6.07, 6.45) is -2.70. The number of benzene rings is 2. The number of hydrogen-bond acceptors (Lipinski definition) is 5. The van der Waals surface area contributed by atoms with E-state index in [1.54, 1.807) is 0 Å². The summed E-state index contributed by atoms with van der Waals surface area (Å²) in [5, 5.41) is 2.06. The molecule has 1 aromatic heterocycles. The summed E-state index contributed by atoms with van der Waals surface area (Å²) in [4.78, 5) is 16.6. The van der Waals surface area contributed by atoms with E-state index in [-0.39, 0.29) is 24.6 Å². The molecule has 1 fully saturated rings. The van der Waals surface area contributed by atoms with Crippen LogP contribution in [0.1, 0.15) is 55.9 Å². The molecule has 0 unspecified atom stereocenters. The monoisotopic (exact) mass is 584 g/mol. The second-order valence-electron chi connectivity index (χ2n) is 11.1. The second kappa shape index (κ2) is 10.8. The Balaban J connectivity index is 1.34. The molecule has 0 radical (unpaired) electrons. The number of carbonyl (C=O) groups is 1. The fraction of sp³-hybridized carbons (Fsp3) is 0.333. The van der Waals surface area contributed by atoms with Gasteiger partial charge in [0.25, 0.3) is 0 Å². The van der Waals surface area contributed by atoms with Gasteiger partial charge >= 0.3 is 19.4 Å². The minimum absolute atomic E-state index is 0.0997. The maximum atomic E-state index is 13.5. The molecule has 6 nitrogen and oxygen atoms in total. The first-order valence-electron chi connectivity index (χ1n) is 13.1. The van der Waals surface area contributed by atoms with E-state index in [1.165, 1.54) is 12.3 Å². The van der Waals surface area contributed by atoms with Gasteiger partial charge in [-0.2, -0.15) is 13.2 Å². The first-order valence-corrected chi connectivity index (χ1v) is 13.5. The molecule has 3 aromatic rings. The van der Waals surface area contributed by atoms with Gasteiger partial charge in [-0.05, 0) is 67.1 Å². The molecule has 5 rings (SSSR count). The Morgan fingerprint density at radius 2 is 1.61 bits per heavy atom. The molecule has 1 N–H and O–H groups in total. The standard InChI is InChI=1S/C30H29BClF3N2O4/c1-28(2)29(3,4)41-31(40-28)19(13-18-14-25(30(33,34)35)26(32)36-15-18)16-37-27(38)39-17-24-22-11-7-5-9-20(22)21-10-6-8-12-23(21)24/h5-15,24H,16-17H2,1-4H3,(H,37,38). The van der Waals surface area contributed by atoms with E-state index in [9.17, 15) is 18.0 Å². The molecular weight excluding hydrogens is 556 g/mol. The normalized spacial score (nSPS) is 17.8. The van der Waals surface area contributed by atoms with E-state index in [1.807, 2.05) is 76.2 Å². The number of amides is 1. The van der Waals surface area contributed by atoms with Crippen LogP contribution < -0.4 is 5.32 Å². The predicted molar refractivity (Wildman–Crippen MR) is 151 cm³/mol. The van der Waals surface area contributed by atoms with Crippen LogP contribution in [-0.2, 0) is 20.2 Å². The number of fused-ring (bicyclic) bond motifs is 3. The van der Waals surface area contributed by atoms with Crippen molar-refractivity contribution >= 4 is 30.9 Å². The molecule has 0 bridgehead atoms. The third-order valence-electron chi connectivity index (χ3n) is 7.85. The molecule has 0 atom stereocenters. The molecule has 1 saturated heterocycles. The Bertz CT molecular complexity index is 1450. The number of nitrogens with one attached hydrogen (secondary N) is 1. The Hall–Kier alpha value is -3.34. The van der Waals surface area contributed by atoms with E-state index in [2.05, 4.69) is 10.3 Å². The van der Waals surface area contributed by atoms with Gasteiger partial charge in [0.05, 0.1) is 16.8 Å². The van der Waals surface area contributed by atoms with E-state index in [4.69, 9.17) is 25.6 Å². The molecule has 1 aliphatic carbocycles. The molecule has 1 amide bonds. The van der Waals surface area contributed by atoms with E-state index in [0.717, 1.165) is 28.3 Å². The van der Waals surface area contributed by atoms with Crippen LogP contribution in [0.3, 0.4) is 0 Å². The number of aromatic nitrogens is 1. The molecule has 0 spiro atoms. The third-order valence-corrected chi connectivity index (χ3v) is 8.16. The molecule has 41 heavy (non-hydrogen) atoms. The van der Waals surface area contributed by atoms with Crippen molar-refractivity contribution < 1.29 is 32.0 Å². The topological polar surface area (TPSA) is 69.7 Å². The summed E-state index contributed by atoms with van der Waals surface area (Å²) in [6.45, 7) is 7.44. The molecular formula is C30H29BClF3N2O4. The van der Waals surface area contributed by atoms with Gasteiger partial charge in [-0.15, -0.1) is 0 Å². The van der Waals surface area contributed by atoms with Crippen molar-refractivity contribution in [1.82, 2.24) is 10.3 Å². The van der Waals surface area contributed by atoms with Crippen LogP contribution in [0.25, 0.3) is 17.2 Å². The highest BCUT2D eigenvalue weighted by molar-refractivity contribution is 6.56. The molecule has 11 heteroatoms. The van der Waals surface area contributed by atoms with Crippen LogP contribution in [-0.4, -0.2) is 42.5 Å². The van der Waals surface area contributed by atoms with Gasteiger partial charge < -0.3 is 19.4 Å². The van der Waals surface area contributed by atoms with Crippen LogP contribution in [0.15, 0.2) is 66.3 Å². The van der Waals surface area contributed by atoms with Crippen molar-refractivity contribution in [3.05, 3.63) is 93.7 Å². The lowest BCUT2D eigenvalue weighted by Crippen LogP contribution is -2.41. The SMILES string of the molecule is CC1(C)OB(C(=Cc2cnc(Cl)c(C(F)(F)F)c2)CNC(=O)OCC2c3ccccc3-c3ccccc32)OC1(C)C. The maximum absolute atomic E-state index is 13.5. The first-order chi connectivity index (χ1) is 19.3. The van der Waals surface area contributed by atoms with Crippen LogP contribution >= 0.6 is 11.6 Å². The van der Waals surface area contributed by atoms with Crippen molar-refractivity contribution in [2.75, 3.05) is 13.2 Å². The summed E-state index contributed by atoms with van der Waals surface area (Å²) in [7, 11) is -0.932. The predicted octanol–water partition coefficient (Wildman–Crippen LogP) is 7.31. The number of nitrogens with zero attached hydrogens (tertiary/aromatic N) is 1. The highest BCUT2D eigenvalue weighted by atomic mass is 35.5. The number of carbonyl (C=O) groups excluding carboxylic acids is 1. The molecule has 1 aliphatic heterocycles. The van der Waals surface area contributed by atoms with Crippen molar-refractivity contribution in [3.63, 3.8) is 0 Å². The van der Waals surface area contributed by atoms with Crippen LogP contribution in [0.5, 0.6) is 0 Å². The van der Waals surface area contributed by atoms with Crippen LogP contribution in [0, 0.1) is 0 Å². The number of hydrogen-bond donors (Lipinski definition) is 1. The fourth-order valence-electron chi connectivity index (χ4n) is 4.98. The molecule has 2 heterocycles. The minimum atomic E-state index is -4.68. The van der Waals surface area contributed by atoms with Gasteiger partial charge in [0.2, 0.25) is 0 Å². The quantitative estimate of drug-likeness (QED) is 0.243. The summed E-state index contributed by atoms with van der Waals surface area (Å²) < 4.78 is 58.2. The summed E-state index contributed by atoms with van der Waals surface area (Å²) in [5.41, 5.74) is 2.40. The average molecular weight is 585 g/mol. The Morgan fingerprint density at radius 3 is 2.17 bits per heavy atom. The number of alkyl halides is 3. The molecule has 2 aliphatic rings. The van der Waals surface area contributed by atoms with Crippen molar-refractivity contribution in [2.45, 2.75) is 51.0 Å². The zero-order chi connectivity index (χ0) is 29.6. The lowest BCUT2D eigenvalue weighted by molar-refractivity contribution is -0.137. The zero-order valence-corrected chi connectivity index (χ0v) is 23.8. The van der Waals surface area contributed by atoms with Gasteiger partial charge in [-0.3, -0.25) is 0 Å². The van der Waals surface area contributed by atoms with E-state index >= 15 is 0 Å². The highest BCUT2D eigenvalue weighted by Crippen LogP contribution is 2.44. The number of alkyl carbamates (subject to hydrolysis) is 1. The Labute approximate surface area is 242 Å².